The molecule has 1 aliphatic heterocycles. The molecule has 0 atom stereocenters. The minimum atomic E-state index is -0.971. The Hall–Kier alpha value is -2.04. The second-order valence-corrected chi connectivity index (χ2v) is 5.60. The third-order valence-electron chi connectivity index (χ3n) is 4.04. The van der Waals surface area contributed by atoms with Gasteiger partial charge in [-0.1, -0.05) is 12.8 Å². The highest BCUT2D eigenvalue weighted by Crippen LogP contribution is 2.21. The summed E-state index contributed by atoms with van der Waals surface area (Å²) in [5, 5.41) is 12.0. The van der Waals surface area contributed by atoms with Crippen LogP contribution >= 0.6 is 0 Å². The topological polar surface area (TPSA) is 69.6 Å². The molecule has 0 spiro atoms. The number of aromatic carboxylic acids is 1. The lowest BCUT2D eigenvalue weighted by molar-refractivity contribution is 0.0696. The quantitative estimate of drug-likeness (QED) is 0.877. The normalized spacial score (nSPS) is 15.4. The van der Waals surface area contributed by atoms with Gasteiger partial charge in [-0.25, -0.2) is 9.59 Å². The van der Waals surface area contributed by atoms with E-state index in [1.54, 1.807) is 6.92 Å². The van der Waals surface area contributed by atoms with Crippen molar-refractivity contribution in [2.24, 2.45) is 0 Å². The molecule has 0 radical (unpaired) electrons. The first-order valence-corrected chi connectivity index (χ1v) is 7.39. The smallest absolute Gasteiger partial charge is 0.336 e. The van der Waals surface area contributed by atoms with Crippen LogP contribution in [-0.4, -0.2) is 35.1 Å². The summed E-state index contributed by atoms with van der Waals surface area (Å²) in [5.74, 6) is -0.971. The average molecular weight is 290 g/mol. The molecule has 1 fully saturated rings. The van der Waals surface area contributed by atoms with Gasteiger partial charge in [0.15, 0.2) is 0 Å². The summed E-state index contributed by atoms with van der Waals surface area (Å²) >= 11 is 0. The summed E-state index contributed by atoms with van der Waals surface area (Å²) in [6.07, 6.45) is 4.38. The van der Waals surface area contributed by atoms with Gasteiger partial charge in [-0.05, 0) is 49.9 Å². The van der Waals surface area contributed by atoms with Crippen molar-refractivity contribution in [3.8, 4) is 0 Å². The van der Waals surface area contributed by atoms with Gasteiger partial charge < -0.3 is 15.3 Å². The first-order valence-electron chi connectivity index (χ1n) is 7.39. The Labute approximate surface area is 125 Å². The highest BCUT2D eigenvalue weighted by molar-refractivity contribution is 5.94. The zero-order valence-corrected chi connectivity index (χ0v) is 12.6. The second kappa shape index (κ2) is 6.61. The predicted molar refractivity (Wildman–Crippen MR) is 81.9 cm³/mol. The molecule has 0 aromatic heterocycles. The van der Waals surface area contributed by atoms with E-state index in [2.05, 4.69) is 5.32 Å². The van der Waals surface area contributed by atoms with Gasteiger partial charge in [0.1, 0.15) is 0 Å². The summed E-state index contributed by atoms with van der Waals surface area (Å²) in [7, 11) is 0. The Morgan fingerprint density at radius 3 is 2.29 bits per heavy atom. The van der Waals surface area contributed by atoms with Gasteiger partial charge in [0, 0.05) is 18.8 Å². The Kier molecular flexibility index (Phi) is 4.83. The molecule has 114 valence electrons. The SMILES string of the molecule is Cc1cc(NC(=O)N2CCCCCC2)cc(C(=O)O)c1C. The zero-order valence-electron chi connectivity index (χ0n) is 12.6. The van der Waals surface area contributed by atoms with Crippen LogP contribution < -0.4 is 5.32 Å². The van der Waals surface area contributed by atoms with Crippen molar-refractivity contribution >= 4 is 17.7 Å². The number of likely N-dealkylation sites (tertiary alicyclic amines) is 1. The van der Waals surface area contributed by atoms with E-state index in [-0.39, 0.29) is 11.6 Å². The number of nitrogens with zero attached hydrogens (tertiary/aromatic N) is 1. The molecule has 0 saturated carbocycles. The van der Waals surface area contributed by atoms with E-state index in [9.17, 15) is 14.7 Å². The standard InChI is InChI=1S/C16H22N2O3/c1-11-9-13(10-14(12(11)2)15(19)20)17-16(21)18-7-5-3-4-6-8-18/h9-10H,3-8H2,1-2H3,(H,17,21)(H,19,20). The van der Waals surface area contributed by atoms with E-state index in [1.165, 1.54) is 6.07 Å². The van der Waals surface area contributed by atoms with E-state index in [0.717, 1.165) is 49.9 Å². The largest absolute Gasteiger partial charge is 0.478 e. The van der Waals surface area contributed by atoms with Gasteiger partial charge in [0.05, 0.1) is 5.56 Å². The number of hydrogen-bond donors (Lipinski definition) is 2. The van der Waals surface area contributed by atoms with Gasteiger partial charge in [0.25, 0.3) is 0 Å². The van der Waals surface area contributed by atoms with Crippen molar-refractivity contribution in [2.75, 3.05) is 18.4 Å². The maximum absolute atomic E-state index is 12.3. The number of carboxylic acid groups (broad SMARTS) is 1. The molecule has 1 saturated heterocycles. The van der Waals surface area contributed by atoms with Crippen molar-refractivity contribution < 1.29 is 14.7 Å². The molecule has 0 bridgehead atoms. The minimum absolute atomic E-state index is 0.142. The van der Waals surface area contributed by atoms with E-state index in [1.807, 2.05) is 17.9 Å². The van der Waals surface area contributed by atoms with Crippen LogP contribution in [0.1, 0.15) is 47.2 Å². The van der Waals surface area contributed by atoms with Crippen molar-refractivity contribution in [3.63, 3.8) is 0 Å². The number of carboxylic acids is 1. The van der Waals surface area contributed by atoms with Crippen molar-refractivity contribution in [2.45, 2.75) is 39.5 Å². The Balaban J connectivity index is 2.15. The van der Waals surface area contributed by atoms with Gasteiger partial charge in [-0.2, -0.15) is 0 Å². The summed E-state index contributed by atoms with van der Waals surface area (Å²) in [5.41, 5.74) is 2.38. The lowest BCUT2D eigenvalue weighted by Gasteiger charge is -2.21. The van der Waals surface area contributed by atoms with E-state index < -0.39 is 5.97 Å². The fourth-order valence-corrected chi connectivity index (χ4v) is 2.63. The summed E-state index contributed by atoms with van der Waals surface area (Å²) in [6.45, 7) is 5.16. The third kappa shape index (κ3) is 3.74. The molecular formula is C16H22N2O3. The minimum Gasteiger partial charge on any atom is -0.478 e. The van der Waals surface area contributed by atoms with Crippen LogP contribution in [0, 0.1) is 13.8 Å². The molecule has 1 aromatic carbocycles. The van der Waals surface area contributed by atoms with Crippen molar-refractivity contribution in [3.05, 3.63) is 28.8 Å². The molecule has 0 aliphatic carbocycles. The molecule has 2 N–H and O–H groups in total. The maximum Gasteiger partial charge on any atom is 0.336 e. The molecule has 5 nitrogen and oxygen atoms in total. The van der Waals surface area contributed by atoms with Crippen LogP contribution in [0.3, 0.4) is 0 Å². The lowest BCUT2D eigenvalue weighted by Crippen LogP contribution is -2.35. The van der Waals surface area contributed by atoms with Crippen molar-refractivity contribution in [1.29, 1.82) is 0 Å². The van der Waals surface area contributed by atoms with Crippen LogP contribution in [0.4, 0.5) is 10.5 Å². The van der Waals surface area contributed by atoms with E-state index in [4.69, 9.17) is 0 Å². The molecule has 5 heteroatoms. The second-order valence-electron chi connectivity index (χ2n) is 5.60. The number of nitrogens with one attached hydrogen (secondary N) is 1. The molecule has 1 aromatic rings. The number of carbonyl (C=O) groups is 2. The van der Waals surface area contributed by atoms with Crippen LogP contribution in [-0.2, 0) is 0 Å². The number of anilines is 1. The Bertz CT molecular complexity index is 547. The number of carbonyl (C=O) groups excluding carboxylic acids is 1. The lowest BCUT2D eigenvalue weighted by atomic mass is 10.0. The number of hydrogen-bond acceptors (Lipinski definition) is 2. The Morgan fingerprint density at radius 2 is 1.71 bits per heavy atom. The molecule has 1 aliphatic rings. The number of rotatable bonds is 2. The molecule has 0 unspecified atom stereocenters. The number of aryl methyl sites for hydroxylation is 1. The third-order valence-corrected chi connectivity index (χ3v) is 4.04. The molecule has 21 heavy (non-hydrogen) atoms. The van der Waals surface area contributed by atoms with Gasteiger partial charge in [-0.3, -0.25) is 0 Å². The van der Waals surface area contributed by atoms with Gasteiger partial charge in [0.2, 0.25) is 0 Å². The predicted octanol–water partition coefficient (Wildman–Crippen LogP) is 3.41. The monoisotopic (exact) mass is 290 g/mol. The number of benzene rings is 1. The zero-order chi connectivity index (χ0) is 15.4. The summed E-state index contributed by atoms with van der Waals surface area (Å²) in [6, 6.07) is 3.20. The highest BCUT2D eigenvalue weighted by Gasteiger charge is 2.17. The van der Waals surface area contributed by atoms with E-state index in [0.29, 0.717) is 5.69 Å². The molecule has 2 amide bonds. The van der Waals surface area contributed by atoms with Crippen LogP contribution in [0.2, 0.25) is 0 Å². The fraction of sp³-hybridized carbons (Fsp3) is 0.500. The van der Waals surface area contributed by atoms with Crippen LogP contribution in [0.15, 0.2) is 12.1 Å². The summed E-state index contributed by atoms with van der Waals surface area (Å²) in [4.78, 5) is 25.3. The number of amides is 2. The van der Waals surface area contributed by atoms with Crippen LogP contribution in [0.5, 0.6) is 0 Å². The Morgan fingerprint density at radius 1 is 1.10 bits per heavy atom. The molecule has 2 rings (SSSR count). The first-order chi connectivity index (χ1) is 9.99. The summed E-state index contributed by atoms with van der Waals surface area (Å²) < 4.78 is 0. The maximum atomic E-state index is 12.3. The fourth-order valence-electron chi connectivity index (χ4n) is 2.63. The van der Waals surface area contributed by atoms with Crippen molar-refractivity contribution in [1.82, 2.24) is 4.90 Å². The van der Waals surface area contributed by atoms with Crippen LogP contribution in [0.25, 0.3) is 0 Å². The van der Waals surface area contributed by atoms with Gasteiger partial charge >= 0.3 is 12.0 Å². The first kappa shape index (κ1) is 15.4. The molecule has 1 heterocycles. The van der Waals surface area contributed by atoms with E-state index >= 15 is 0 Å². The average Bonchev–Trinajstić information content (AvgIpc) is 2.71. The number of urea groups is 1. The van der Waals surface area contributed by atoms with Gasteiger partial charge in [-0.15, -0.1) is 0 Å². The molecular weight excluding hydrogens is 268 g/mol. The highest BCUT2D eigenvalue weighted by atomic mass is 16.4.